The van der Waals surface area contributed by atoms with Crippen molar-refractivity contribution in [2.45, 2.75) is 6.92 Å². The van der Waals surface area contributed by atoms with Gasteiger partial charge >= 0.3 is 0 Å². The Morgan fingerprint density at radius 2 is 1.52 bits per heavy atom. The van der Waals surface area contributed by atoms with E-state index in [4.69, 9.17) is 11.6 Å². The Bertz CT molecular complexity index is 1040. The summed E-state index contributed by atoms with van der Waals surface area (Å²) in [5, 5.41) is 6.07. The summed E-state index contributed by atoms with van der Waals surface area (Å²) in [5.74, 6) is -0.796. The van der Waals surface area contributed by atoms with Gasteiger partial charge in [0.25, 0.3) is 11.8 Å². The molecule has 0 unspecified atom stereocenters. The highest BCUT2D eigenvalue weighted by Gasteiger charge is 2.15. The molecular weight excluding hydrogens is 452 g/mol. The first kappa shape index (κ1) is 20.8. The number of hydrogen-bond acceptors (Lipinski definition) is 2. The van der Waals surface area contributed by atoms with E-state index in [-0.39, 0.29) is 11.6 Å². The molecule has 0 atom stereocenters. The lowest BCUT2D eigenvalue weighted by Gasteiger charge is -2.12. The molecule has 3 aromatic carbocycles. The van der Waals surface area contributed by atoms with Gasteiger partial charge in [0.2, 0.25) is 0 Å². The van der Waals surface area contributed by atoms with Gasteiger partial charge in [-0.1, -0.05) is 57.4 Å². The lowest BCUT2D eigenvalue weighted by molar-refractivity contribution is -0.113. The van der Waals surface area contributed by atoms with E-state index >= 15 is 0 Å². The molecule has 6 heteroatoms. The van der Waals surface area contributed by atoms with Crippen molar-refractivity contribution in [2.24, 2.45) is 0 Å². The fourth-order valence-corrected chi connectivity index (χ4v) is 2.91. The summed E-state index contributed by atoms with van der Waals surface area (Å²) in [7, 11) is 0. The van der Waals surface area contributed by atoms with Crippen LogP contribution in [-0.4, -0.2) is 11.8 Å². The van der Waals surface area contributed by atoms with Gasteiger partial charge < -0.3 is 10.6 Å². The molecule has 0 fully saturated rings. The van der Waals surface area contributed by atoms with Gasteiger partial charge in [0.15, 0.2) is 0 Å². The highest BCUT2D eigenvalue weighted by Crippen LogP contribution is 2.16. The van der Waals surface area contributed by atoms with Crippen LogP contribution in [-0.2, 0) is 4.79 Å². The van der Waals surface area contributed by atoms with Gasteiger partial charge in [-0.15, -0.1) is 0 Å². The van der Waals surface area contributed by atoms with Crippen LogP contribution in [0.4, 0.5) is 5.69 Å². The summed E-state index contributed by atoms with van der Waals surface area (Å²) in [6, 6.07) is 21.3. The fourth-order valence-electron chi connectivity index (χ4n) is 2.52. The molecule has 0 spiro atoms. The van der Waals surface area contributed by atoms with E-state index in [0.29, 0.717) is 16.3 Å². The summed E-state index contributed by atoms with van der Waals surface area (Å²) in [5.41, 5.74) is 3.00. The lowest BCUT2D eigenvalue weighted by atomic mass is 10.1. The van der Waals surface area contributed by atoms with Crippen LogP contribution in [0.1, 0.15) is 21.5 Å². The molecule has 0 aliphatic heterocycles. The number of anilines is 1. The molecule has 0 radical (unpaired) electrons. The van der Waals surface area contributed by atoms with Crippen molar-refractivity contribution in [3.05, 3.63) is 105 Å². The second-order valence-corrected chi connectivity index (χ2v) is 7.74. The van der Waals surface area contributed by atoms with E-state index in [9.17, 15) is 9.59 Å². The molecule has 2 N–H and O–H groups in total. The van der Waals surface area contributed by atoms with Crippen LogP contribution in [0.15, 0.2) is 83.0 Å². The first-order valence-corrected chi connectivity index (χ1v) is 10.00. The number of hydrogen-bond donors (Lipinski definition) is 2. The van der Waals surface area contributed by atoms with Crippen LogP contribution < -0.4 is 10.6 Å². The Hall–Kier alpha value is -2.89. The summed E-state index contributed by atoms with van der Waals surface area (Å²) in [6.45, 7) is 1.94. The second-order valence-electron chi connectivity index (χ2n) is 6.39. The fraction of sp³-hybridized carbons (Fsp3) is 0.0435. The van der Waals surface area contributed by atoms with Gasteiger partial charge in [-0.3, -0.25) is 9.59 Å². The van der Waals surface area contributed by atoms with Crippen LogP contribution >= 0.6 is 27.5 Å². The Balaban J connectivity index is 1.86. The van der Waals surface area contributed by atoms with Gasteiger partial charge in [0.1, 0.15) is 5.70 Å². The summed E-state index contributed by atoms with van der Waals surface area (Å²) < 4.78 is 0.922. The van der Waals surface area contributed by atoms with Gasteiger partial charge in [-0.25, -0.2) is 0 Å². The number of benzene rings is 3. The zero-order valence-corrected chi connectivity index (χ0v) is 17.9. The normalized spacial score (nSPS) is 11.1. The number of carbonyl (C=O) groups excluding carboxylic acids is 2. The van der Waals surface area contributed by atoms with Crippen molar-refractivity contribution < 1.29 is 9.59 Å². The molecule has 0 aromatic heterocycles. The Morgan fingerprint density at radius 1 is 0.897 bits per heavy atom. The molecule has 0 aliphatic rings. The maximum absolute atomic E-state index is 12.9. The summed E-state index contributed by atoms with van der Waals surface area (Å²) in [6.07, 6.45) is 1.63. The van der Waals surface area contributed by atoms with E-state index in [2.05, 4.69) is 26.6 Å². The molecule has 3 rings (SSSR count). The molecule has 0 saturated carbocycles. The first-order valence-electron chi connectivity index (χ1n) is 8.83. The molecular formula is C23H18BrClN2O2. The van der Waals surface area contributed by atoms with Crippen molar-refractivity contribution in [3.8, 4) is 0 Å². The number of halogens is 2. The van der Waals surface area contributed by atoms with E-state index in [1.807, 2.05) is 43.3 Å². The van der Waals surface area contributed by atoms with Gasteiger partial charge in [-0.2, -0.15) is 0 Å². The second kappa shape index (κ2) is 9.54. The van der Waals surface area contributed by atoms with E-state index < -0.39 is 5.91 Å². The van der Waals surface area contributed by atoms with Crippen LogP contribution in [0.3, 0.4) is 0 Å². The summed E-state index contributed by atoms with van der Waals surface area (Å²) in [4.78, 5) is 25.5. The molecule has 0 aliphatic carbocycles. The maximum Gasteiger partial charge on any atom is 0.272 e. The SMILES string of the molecule is Cc1ccc(C(=O)N/C(=C/c2ccc(Br)cc2)C(=O)Nc2ccc(Cl)cc2)cc1. The molecule has 2 amide bonds. The van der Waals surface area contributed by atoms with Gasteiger partial charge in [0.05, 0.1) is 0 Å². The molecule has 3 aromatic rings. The minimum atomic E-state index is -0.435. The molecule has 0 saturated heterocycles. The third-order valence-electron chi connectivity index (χ3n) is 4.09. The van der Waals surface area contributed by atoms with Crippen molar-refractivity contribution in [3.63, 3.8) is 0 Å². The van der Waals surface area contributed by atoms with Crippen LogP contribution in [0.5, 0.6) is 0 Å². The zero-order valence-electron chi connectivity index (χ0n) is 15.6. The van der Waals surface area contributed by atoms with Crippen LogP contribution in [0, 0.1) is 6.92 Å². The minimum absolute atomic E-state index is 0.132. The first-order chi connectivity index (χ1) is 13.9. The van der Waals surface area contributed by atoms with Crippen molar-refractivity contribution in [1.82, 2.24) is 5.32 Å². The van der Waals surface area contributed by atoms with E-state index in [0.717, 1.165) is 15.6 Å². The number of carbonyl (C=O) groups is 2. The quantitative estimate of drug-likeness (QED) is 0.463. The lowest BCUT2D eigenvalue weighted by Crippen LogP contribution is -2.30. The number of nitrogens with one attached hydrogen (secondary N) is 2. The molecule has 0 bridgehead atoms. The maximum atomic E-state index is 12.9. The van der Waals surface area contributed by atoms with E-state index in [1.54, 1.807) is 42.5 Å². The number of rotatable bonds is 5. The van der Waals surface area contributed by atoms with Gasteiger partial charge in [0, 0.05) is 20.7 Å². The monoisotopic (exact) mass is 468 g/mol. The highest BCUT2D eigenvalue weighted by molar-refractivity contribution is 9.10. The number of aryl methyl sites for hydroxylation is 1. The highest BCUT2D eigenvalue weighted by atomic mass is 79.9. The predicted molar refractivity (Wildman–Crippen MR) is 121 cm³/mol. The van der Waals surface area contributed by atoms with E-state index in [1.165, 1.54) is 0 Å². The molecule has 29 heavy (non-hydrogen) atoms. The molecule has 0 heterocycles. The van der Waals surface area contributed by atoms with Crippen LogP contribution in [0.2, 0.25) is 5.02 Å². The average molecular weight is 470 g/mol. The van der Waals surface area contributed by atoms with Gasteiger partial charge in [-0.05, 0) is 67.1 Å². The smallest absolute Gasteiger partial charge is 0.272 e. The van der Waals surface area contributed by atoms with Crippen LogP contribution in [0.25, 0.3) is 6.08 Å². The Kier molecular flexibility index (Phi) is 6.86. The minimum Gasteiger partial charge on any atom is -0.321 e. The average Bonchev–Trinajstić information content (AvgIpc) is 2.71. The predicted octanol–water partition coefficient (Wildman–Crippen LogP) is 5.82. The summed E-state index contributed by atoms with van der Waals surface area (Å²) >= 11 is 9.28. The molecule has 4 nitrogen and oxygen atoms in total. The third kappa shape index (κ3) is 6.04. The largest absolute Gasteiger partial charge is 0.321 e. The van der Waals surface area contributed by atoms with Crippen molar-refractivity contribution in [1.29, 1.82) is 0 Å². The third-order valence-corrected chi connectivity index (χ3v) is 4.87. The topological polar surface area (TPSA) is 58.2 Å². The van der Waals surface area contributed by atoms with Crippen molar-refractivity contribution in [2.75, 3.05) is 5.32 Å². The standard InChI is InChI=1S/C23H18BrClN2O2/c1-15-2-6-17(7-3-15)22(28)27-21(14-16-4-8-18(24)9-5-16)23(29)26-20-12-10-19(25)11-13-20/h2-14H,1H3,(H,26,29)(H,27,28)/b21-14+. The Morgan fingerprint density at radius 3 is 2.14 bits per heavy atom. The zero-order chi connectivity index (χ0) is 20.8. The Labute approximate surface area is 182 Å². The molecule has 146 valence electrons. The number of amides is 2. The van der Waals surface area contributed by atoms with Crippen molar-refractivity contribution >= 4 is 51.1 Å².